The number of hydrogen-bond acceptors (Lipinski definition) is 3. The van der Waals surface area contributed by atoms with Gasteiger partial charge in [0.15, 0.2) is 5.16 Å². The van der Waals surface area contributed by atoms with Crippen molar-refractivity contribution < 1.29 is 4.79 Å². The summed E-state index contributed by atoms with van der Waals surface area (Å²) in [4.78, 5) is 20.1. The highest BCUT2D eigenvalue weighted by atomic mass is 32.2. The summed E-state index contributed by atoms with van der Waals surface area (Å²) in [6, 6.07) is 18.1. The van der Waals surface area contributed by atoms with E-state index < -0.39 is 0 Å². The fourth-order valence-corrected chi connectivity index (χ4v) is 3.35. The van der Waals surface area contributed by atoms with E-state index in [0.717, 1.165) is 16.2 Å². The molecule has 1 heterocycles. The van der Waals surface area contributed by atoms with Crippen LogP contribution in [0.15, 0.2) is 59.8 Å². The number of aromatic nitrogens is 2. The van der Waals surface area contributed by atoms with Gasteiger partial charge in [-0.3, -0.25) is 4.79 Å². The van der Waals surface area contributed by atoms with Crippen LogP contribution in [0.4, 0.5) is 0 Å². The molecule has 4 nitrogen and oxygen atoms in total. The zero-order chi connectivity index (χ0) is 16.9. The van der Waals surface area contributed by atoms with Gasteiger partial charge in [-0.2, -0.15) is 0 Å². The van der Waals surface area contributed by atoms with Crippen LogP contribution in [0.1, 0.15) is 25.3 Å². The maximum absolute atomic E-state index is 12.3. The van der Waals surface area contributed by atoms with Crippen molar-refractivity contribution in [2.75, 3.05) is 6.54 Å². The number of nitrogens with one attached hydrogen (secondary N) is 2. The molecule has 0 bridgehead atoms. The average Bonchev–Trinajstić information content (AvgIpc) is 3.02. The molecule has 0 aliphatic heterocycles. The summed E-state index contributed by atoms with van der Waals surface area (Å²) in [5.41, 5.74) is 3.14. The maximum Gasteiger partial charge on any atom is 0.233 e. The number of nitrogens with zero attached hydrogens (tertiary/aromatic N) is 1. The van der Waals surface area contributed by atoms with Gasteiger partial charge in [0, 0.05) is 6.54 Å². The van der Waals surface area contributed by atoms with Crippen LogP contribution in [0.2, 0.25) is 0 Å². The van der Waals surface area contributed by atoms with E-state index in [-0.39, 0.29) is 11.2 Å². The number of thioether (sulfide) groups is 1. The van der Waals surface area contributed by atoms with E-state index in [1.54, 1.807) is 0 Å². The molecule has 24 heavy (non-hydrogen) atoms. The van der Waals surface area contributed by atoms with Crippen LogP contribution in [-0.2, 0) is 4.79 Å². The van der Waals surface area contributed by atoms with Gasteiger partial charge in [-0.05, 0) is 30.5 Å². The van der Waals surface area contributed by atoms with Crippen molar-refractivity contribution in [2.24, 2.45) is 0 Å². The van der Waals surface area contributed by atoms with Gasteiger partial charge in [0.2, 0.25) is 5.91 Å². The first kappa shape index (κ1) is 16.6. The van der Waals surface area contributed by atoms with Crippen molar-refractivity contribution >= 4 is 28.7 Å². The van der Waals surface area contributed by atoms with E-state index in [1.165, 1.54) is 17.3 Å². The normalized spacial score (nSPS) is 13.6. The fraction of sp³-hybridized carbons (Fsp3) is 0.263. The monoisotopic (exact) mass is 339 g/mol. The number of fused-ring (bicyclic) bond motifs is 1. The molecule has 0 aliphatic rings. The van der Waals surface area contributed by atoms with Crippen LogP contribution in [0, 0.1) is 0 Å². The first-order valence-electron chi connectivity index (χ1n) is 8.07. The minimum Gasteiger partial charge on any atom is -0.355 e. The molecule has 1 amide bonds. The Hall–Kier alpha value is -2.27. The number of carbonyl (C=O) groups excluding carboxylic acids is 1. The third-order valence-electron chi connectivity index (χ3n) is 3.98. The summed E-state index contributed by atoms with van der Waals surface area (Å²) in [7, 11) is 0. The number of hydrogen-bond donors (Lipinski definition) is 2. The number of H-pyrrole nitrogens is 1. The third kappa shape index (κ3) is 3.97. The molecule has 0 unspecified atom stereocenters. The minimum absolute atomic E-state index is 0.0308. The molecule has 1 aromatic heterocycles. The number of aromatic amines is 1. The van der Waals surface area contributed by atoms with Gasteiger partial charge < -0.3 is 10.3 Å². The Morgan fingerprint density at radius 2 is 1.83 bits per heavy atom. The lowest BCUT2D eigenvalue weighted by atomic mass is 10.0. The molecule has 0 spiro atoms. The van der Waals surface area contributed by atoms with Gasteiger partial charge in [0.05, 0.1) is 16.3 Å². The highest BCUT2D eigenvalue weighted by Crippen LogP contribution is 2.23. The van der Waals surface area contributed by atoms with Crippen molar-refractivity contribution in [3.8, 4) is 0 Å². The van der Waals surface area contributed by atoms with E-state index in [1.807, 2.05) is 49.4 Å². The van der Waals surface area contributed by atoms with Crippen LogP contribution in [0.5, 0.6) is 0 Å². The second-order valence-electron chi connectivity index (χ2n) is 5.88. The molecule has 2 aromatic carbocycles. The highest BCUT2D eigenvalue weighted by Gasteiger charge is 2.17. The van der Waals surface area contributed by atoms with Gasteiger partial charge in [0.1, 0.15) is 0 Å². The fourth-order valence-electron chi connectivity index (χ4n) is 2.50. The summed E-state index contributed by atoms with van der Waals surface area (Å²) in [6.45, 7) is 4.65. The number of benzene rings is 2. The van der Waals surface area contributed by atoms with E-state index >= 15 is 0 Å². The molecule has 3 rings (SSSR count). The number of carbonyl (C=O) groups is 1. The first-order valence-corrected chi connectivity index (χ1v) is 8.95. The van der Waals surface area contributed by atoms with Crippen LogP contribution in [0.25, 0.3) is 11.0 Å². The molecule has 0 radical (unpaired) electrons. The number of para-hydroxylation sites is 2. The van der Waals surface area contributed by atoms with Crippen molar-refractivity contribution in [1.29, 1.82) is 0 Å². The topological polar surface area (TPSA) is 57.8 Å². The summed E-state index contributed by atoms with van der Waals surface area (Å²) >= 11 is 1.45. The molecular weight excluding hydrogens is 318 g/mol. The second kappa shape index (κ2) is 7.53. The van der Waals surface area contributed by atoms with Crippen molar-refractivity contribution in [1.82, 2.24) is 15.3 Å². The molecule has 0 saturated heterocycles. The van der Waals surface area contributed by atoms with Crippen LogP contribution in [-0.4, -0.2) is 27.7 Å². The minimum atomic E-state index is -0.200. The Balaban J connectivity index is 1.54. The Morgan fingerprint density at radius 1 is 1.12 bits per heavy atom. The largest absolute Gasteiger partial charge is 0.355 e. The van der Waals surface area contributed by atoms with E-state index in [4.69, 9.17) is 0 Å². The lowest BCUT2D eigenvalue weighted by molar-refractivity contribution is -0.120. The lowest BCUT2D eigenvalue weighted by Crippen LogP contribution is -2.33. The lowest BCUT2D eigenvalue weighted by Gasteiger charge is -2.15. The Bertz CT molecular complexity index is 783. The van der Waals surface area contributed by atoms with Gasteiger partial charge in [-0.15, -0.1) is 0 Å². The first-order chi connectivity index (χ1) is 11.6. The van der Waals surface area contributed by atoms with Gasteiger partial charge >= 0.3 is 0 Å². The summed E-state index contributed by atoms with van der Waals surface area (Å²) in [6.07, 6.45) is 0. The molecule has 0 aliphatic carbocycles. The molecule has 0 fully saturated rings. The smallest absolute Gasteiger partial charge is 0.233 e. The SMILES string of the molecule is C[C@H](CNC(=O)[C@@H](C)Sc1nc2ccccc2[nH]1)c1ccccc1. The molecule has 0 saturated carbocycles. The maximum atomic E-state index is 12.3. The Morgan fingerprint density at radius 3 is 2.58 bits per heavy atom. The predicted octanol–water partition coefficient (Wildman–Crippen LogP) is 3.96. The molecule has 3 aromatic rings. The molecule has 124 valence electrons. The van der Waals surface area contributed by atoms with Crippen LogP contribution >= 0.6 is 11.8 Å². The standard InChI is InChI=1S/C19H21N3OS/c1-13(15-8-4-3-5-9-15)12-20-18(23)14(2)24-19-21-16-10-6-7-11-17(16)22-19/h3-11,13-14H,12H2,1-2H3,(H,20,23)(H,21,22)/t13-,14-/m1/s1. The zero-order valence-corrected chi connectivity index (χ0v) is 14.6. The van der Waals surface area contributed by atoms with E-state index in [9.17, 15) is 4.79 Å². The number of imidazole rings is 1. The summed E-state index contributed by atoms with van der Waals surface area (Å²) in [5, 5.41) is 3.61. The number of rotatable bonds is 6. The van der Waals surface area contributed by atoms with Crippen molar-refractivity contribution in [3.63, 3.8) is 0 Å². The molecule has 5 heteroatoms. The average molecular weight is 339 g/mol. The summed E-state index contributed by atoms with van der Waals surface area (Å²) in [5.74, 6) is 0.321. The van der Waals surface area contributed by atoms with E-state index in [2.05, 4.69) is 34.3 Å². The highest BCUT2D eigenvalue weighted by molar-refractivity contribution is 8.00. The van der Waals surface area contributed by atoms with Crippen molar-refractivity contribution in [3.05, 3.63) is 60.2 Å². The van der Waals surface area contributed by atoms with Gasteiger partial charge in [-0.1, -0.05) is 61.2 Å². The Kier molecular flexibility index (Phi) is 5.20. The zero-order valence-electron chi connectivity index (χ0n) is 13.8. The molecule has 2 atom stereocenters. The Labute approximate surface area is 146 Å². The molecule has 2 N–H and O–H groups in total. The predicted molar refractivity (Wildman–Crippen MR) is 99.3 cm³/mol. The van der Waals surface area contributed by atoms with Gasteiger partial charge in [0.25, 0.3) is 0 Å². The van der Waals surface area contributed by atoms with Crippen LogP contribution < -0.4 is 5.32 Å². The van der Waals surface area contributed by atoms with Crippen LogP contribution in [0.3, 0.4) is 0 Å². The molecular formula is C19H21N3OS. The second-order valence-corrected chi connectivity index (χ2v) is 7.21. The van der Waals surface area contributed by atoms with Gasteiger partial charge in [-0.25, -0.2) is 4.98 Å². The van der Waals surface area contributed by atoms with E-state index in [0.29, 0.717) is 12.5 Å². The van der Waals surface area contributed by atoms with Crippen molar-refractivity contribution in [2.45, 2.75) is 30.2 Å². The third-order valence-corrected chi connectivity index (χ3v) is 4.96. The summed E-state index contributed by atoms with van der Waals surface area (Å²) < 4.78 is 0. The number of amides is 1. The quantitative estimate of drug-likeness (QED) is 0.668.